The van der Waals surface area contributed by atoms with Crippen LogP contribution in [0.15, 0.2) is 24.3 Å². The van der Waals surface area contributed by atoms with Gasteiger partial charge >= 0.3 is 0 Å². The van der Waals surface area contributed by atoms with Crippen LogP contribution in [0.3, 0.4) is 0 Å². The van der Waals surface area contributed by atoms with Crippen molar-refractivity contribution in [1.82, 2.24) is 9.97 Å². The summed E-state index contributed by atoms with van der Waals surface area (Å²) < 4.78 is 5.16. The fourth-order valence-electron chi connectivity index (χ4n) is 2.85. The van der Waals surface area contributed by atoms with Gasteiger partial charge in [0.1, 0.15) is 17.4 Å². The Balaban J connectivity index is 1.95. The molecule has 0 bridgehead atoms. The van der Waals surface area contributed by atoms with Gasteiger partial charge in [0.25, 0.3) is 0 Å². The molecular formula is C16H17N3O2. The van der Waals surface area contributed by atoms with Crippen molar-refractivity contribution in [2.75, 3.05) is 12.8 Å². The molecule has 1 aliphatic rings. The first-order valence-corrected chi connectivity index (χ1v) is 6.88. The van der Waals surface area contributed by atoms with Gasteiger partial charge in [0.15, 0.2) is 5.78 Å². The van der Waals surface area contributed by atoms with Crippen LogP contribution in [0.2, 0.25) is 0 Å². The zero-order valence-electron chi connectivity index (χ0n) is 12.1. The third-order valence-corrected chi connectivity index (χ3v) is 3.86. The van der Waals surface area contributed by atoms with Crippen molar-refractivity contribution < 1.29 is 9.53 Å². The molecule has 0 amide bonds. The molecule has 1 atom stereocenters. The maximum Gasteiger partial charge on any atom is 0.169 e. The van der Waals surface area contributed by atoms with Gasteiger partial charge in [0.2, 0.25) is 0 Å². The monoisotopic (exact) mass is 283 g/mol. The summed E-state index contributed by atoms with van der Waals surface area (Å²) in [5, 5.41) is 0. The number of aromatic nitrogens is 2. The summed E-state index contributed by atoms with van der Waals surface area (Å²) in [6.45, 7) is 1.79. The Bertz CT molecular complexity index is 695. The molecular weight excluding hydrogens is 266 g/mol. The van der Waals surface area contributed by atoms with Gasteiger partial charge in [-0.05, 0) is 37.0 Å². The quantitative estimate of drug-likeness (QED) is 0.914. The number of carbonyl (C=O) groups is 1. The SMILES string of the molecule is COc1ccc([C@H]2CC(=O)c3c(N)nc(C)nc3C2)cc1. The number of hydrogen-bond donors (Lipinski definition) is 1. The fraction of sp³-hybridized carbons (Fsp3) is 0.312. The molecule has 0 spiro atoms. The molecule has 5 heteroatoms. The zero-order chi connectivity index (χ0) is 15.0. The molecule has 1 aromatic heterocycles. The smallest absolute Gasteiger partial charge is 0.169 e. The van der Waals surface area contributed by atoms with Crippen LogP contribution in [-0.4, -0.2) is 22.9 Å². The zero-order valence-corrected chi connectivity index (χ0v) is 12.1. The molecule has 0 saturated heterocycles. The van der Waals surface area contributed by atoms with Crippen molar-refractivity contribution in [1.29, 1.82) is 0 Å². The molecule has 0 saturated carbocycles. The number of ketones is 1. The second-order valence-electron chi connectivity index (χ2n) is 5.28. The largest absolute Gasteiger partial charge is 0.497 e. The Morgan fingerprint density at radius 1 is 1.19 bits per heavy atom. The van der Waals surface area contributed by atoms with Crippen molar-refractivity contribution in [3.8, 4) is 5.75 Å². The standard InChI is InChI=1S/C16H17N3O2/c1-9-18-13-7-11(8-14(20)15(13)16(17)19-9)10-3-5-12(21-2)6-4-10/h3-6,11H,7-8H2,1-2H3,(H2,17,18,19)/t11-/m1/s1. The molecule has 21 heavy (non-hydrogen) atoms. The lowest BCUT2D eigenvalue weighted by Crippen LogP contribution is -2.23. The van der Waals surface area contributed by atoms with E-state index < -0.39 is 0 Å². The van der Waals surface area contributed by atoms with Gasteiger partial charge in [-0.3, -0.25) is 4.79 Å². The minimum Gasteiger partial charge on any atom is -0.497 e. The number of ether oxygens (including phenoxy) is 1. The first-order valence-electron chi connectivity index (χ1n) is 6.88. The average Bonchev–Trinajstić information content (AvgIpc) is 2.46. The summed E-state index contributed by atoms with van der Waals surface area (Å²) in [4.78, 5) is 20.8. The van der Waals surface area contributed by atoms with Crippen LogP contribution in [0.5, 0.6) is 5.75 Å². The number of nitrogens with two attached hydrogens (primary N) is 1. The highest BCUT2D eigenvalue weighted by Gasteiger charge is 2.29. The van der Waals surface area contributed by atoms with E-state index in [0.717, 1.165) is 17.0 Å². The first kappa shape index (κ1) is 13.5. The molecule has 108 valence electrons. The maximum absolute atomic E-state index is 12.3. The topological polar surface area (TPSA) is 78.1 Å². The number of hydrogen-bond acceptors (Lipinski definition) is 5. The Kier molecular flexibility index (Phi) is 3.33. The molecule has 0 unspecified atom stereocenters. The lowest BCUT2D eigenvalue weighted by Gasteiger charge is -2.24. The number of methoxy groups -OCH3 is 1. The van der Waals surface area contributed by atoms with Gasteiger partial charge in [0.05, 0.1) is 18.4 Å². The highest BCUT2D eigenvalue weighted by Crippen LogP contribution is 2.34. The van der Waals surface area contributed by atoms with Gasteiger partial charge in [-0.2, -0.15) is 0 Å². The number of fused-ring (bicyclic) bond motifs is 1. The predicted octanol–water partition coefficient (Wildman–Crippen LogP) is 2.29. The van der Waals surface area contributed by atoms with E-state index in [2.05, 4.69) is 9.97 Å². The Morgan fingerprint density at radius 2 is 1.90 bits per heavy atom. The molecule has 0 radical (unpaired) electrons. The number of Topliss-reactive ketones (excluding diaryl/α,β-unsaturated/α-hetero) is 1. The van der Waals surface area contributed by atoms with Gasteiger partial charge in [-0.25, -0.2) is 9.97 Å². The number of benzene rings is 1. The van der Waals surface area contributed by atoms with E-state index in [1.54, 1.807) is 14.0 Å². The summed E-state index contributed by atoms with van der Waals surface area (Å²) in [6, 6.07) is 7.82. The van der Waals surface area contributed by atoms with Crippen LogP contribution in [0.1, 0.15) is 39.8 Å². The lowest BCUT2D eigenvalue weighted by atomic mass is 9.82. The number of aryl methyl sites for hydroxylation is 1. The molecule has 5 nitrogen and oxygen atoms in total. The maximum atomic E-state index is 12.3. The molecule has 1 heterocycles. The van der Waals surface area contributed by atoms with Crippen LogP contribution >= 0.6 is 0 Å². The number of rotatable bonds is 2. The van der Waals surface area contributed by atoms with Crippen LogP contribution in [0.25, 0.3) is 0 Å². The second-order valence-corrected chi connectivity index (χ2v) is 5.28. The second kappa shape index (κ2) is 5.16. The fourth-order valence-corrected chi connectivity index (χ4v) is 2.85. The summed E-state index contributed by atoms with van der Waals surface area (Å²) in [7, 11) is 1.64. The predicted molar refractivity (Wildman–Crippen MR) is 79.6 cm³/mol. The molecule has 0 fully saturated rings. The third-order valence-electron chi connectivity index (χ3n) is 3.86. The van der Waals surface area contributed by atoms with Gasteiger partial charge < -0.3 is 10.5 Å². The van der Waals surface area contributed by atoms with E-state index in [9.17, 15) is 4.79 Å². The van der Waals surface area contributed by atoms with E-state index in [4.69, 9.17) is 10.5 Å². The number of anilines is 1. The Hall–Kier alpha value is -2.43. The van der Waals surface area contributed by atoms with Gasteiger partial charge in [-0.15, -0.1) is 0 Å². The van der Waals surface area contributed by atoms with Crippen LogP contribution in [0.4, 0.5) is 5.82 Å². The minimum absolute atomic E-state index is 0.0227. The molecule has 2 N–H and O–H groups in total. The van der Waals surface area contributed by atoms with E-state index in [1.807, 2.05) is 24.3 Å². The summed E-state index contributed by atoms with van der Waals surface area (Å²) in [5.74, 6) is 1.87. The lowest BCUT2D eigenvalue weighted by molar-refractivity contribution is 0.0963. The highest BCUT2D eigenvalue weighted by atomic mass is 16.5. The summed E-state index contributed by atoms with van der Waals surface area (Å²) in [6.07, 6.45) is 1.15. The number of carbonyl (C=O) groups excluding carboxylic acids is 1. The van der Waals surface area contributed by atoms with Crippen molar-refractivity contribution in [2.45, 2.75) is 25.7 Å². The van der Waals surface area contributed by atoms with Crippen molar-refractivity contribution >= 4 is 11.6 Å². The highest BCUT2D eigenvalue weighted by molar-refractivity contribution is 6.02. The Morgan fingerprint density at radius 3 is 2.57 bits per heavy atom. The third kappa shape index (κ3) is 2.46. The average molecular weight is 283 g/mol. The molecule has 0 aliphatic heterocycles. The first-order chi connectivity index (χ1) is 10.1. The number of nitrogens with zero attached hydrogens (tertiary/aromatic N) is 2. The van der Waals surface area contributed by atoms with E-state index in [-0.39, 0.29) is 11.7 Å². The van der Waals surface area contributed by atoms with Crippen molar-refractivity contribution in [2.24, 2.45) is 0 Å². The summed E-state index contributed by atoms with van der Waals surface area (Å²) >= 11 is 0. The van der Waals surface area contributed by atoms with E-state index in [1.165, 1.54) is 0 Å². The molecule has 1 aliphatic carbocycles. The van der Waals surface area contributed by atoms with E-state index >= 15 is 0 Å². The van der Waals surface area contributed by atoms with Crippen molar-refractivity contribution in [3.05, 3.63) is 46.9 Å². The van der Waals surface area contributed by atoms with Crippen molar-refractivity contribution in [3.63, 3.8) is 0 Å². The minimum atomic E-state index is 0.0227. The van der Waals surface area contributed by atoms with E-state index in [0.29, 0.717) is 30.0 Å². The van der Waals surface area contributed by atoms with Crippen LogP contribution < -0.4 is 10.5 Å². The molecule has 3 rings (SSSR count). The Labute approximate surface area is 123 Å². The molecule has 1 aromatic carbocycles. The normalized spacial score (nSPS) is 17.4. The van der Waals surface area contributed by atoms with Crippen LogP contribution in [0, 0.1) is 6.92 Å². The van der Waals surface area contributed by atoms with Crippen LogP contribution in [-0.2, 0) is 6.42 Å². The van der Waals surface area contributed by atoms with Gasteiger partial charge in [0, 0.05) is 6.42 Å². The molecule has 2 aromatic rings. The van der Waals surface area contributed by atoms with Gasteiger partial charge in [-0.1, -0.05) is 12.1 Å². The summed E-state index contributed by atoms with van der Waals surface area (Å²) in [5.41, 5.74) is 8.25. The number of nitrogen functional groups attached to an aromatic ring is 1.